The molecule has 0 aromatic heterocycles. The standard InChI is InChI=1S/C14H24/c1-10(2)12-7-8-14(5,6)9-13(12)11(3)4/h12-13H,1,3,7-9H2,2,4-6H3. The first-order valence-electron chi connectivity index (χ1n) is 5.64. The molecule has 0 N–H and O–H groups in total. The Labute approximate surface area is 89.1 Å². The van der Waals surface area contributed by atoms with Crippen LogP contribution in [0, 0.1) is 17.3 Å². The first kappa shape index (κ1) is 11.6. The number of hydrogen-bond donors (Lipinski definition) is 0. The van der Waals surface area contributed by atoms with E-state index in [2.05, 4.69) is 40.9 Å². The van der Waals surface area contributed by atoms with Crippen molar-refractivity contribution < 1.29 is 0 Å². The third-order valence-electron chi connectivity index (χ3n) is 3.66. The molecule has 0 heterocycles. The van der Waals surface area contributed by atoms with E-state index >= 15 is 0 Å². The van der Waals surface area contributed by atoms with Gasteiger partial charge in [0.2, 0.25) is 0 Å². The van der Waals surface area contributed by atoms with Gasteiger partial charge < -0.3 is 0 Å². The largest absolute Gasteiger partial charge is 0.0998 e. The van der Waals surface area contributed by atoms with E-state index in [-0.39, 0.29) is 0 Å². The molecule has 80 valence electrons. The van der Waals surface area contributed by atoms with E-state index in [1.54, 1.807) is 0 Å². The fourth-order valence-corrected chi connectivity index (χ4v) is 2.69. The van der Waals surface area contributed by atoms with Gasteiger partial charge in [0.25, 0.3) is 0 Å². The van der Waals surface area contributed by atoms with Crippen molar-refractivity contribution in [1.82, 2.24) is 0 Å². The topological polar surface area (TPSA) is 0 Å². The van der Waals surface area contributed by atoms with Gasteiger partial charge in [0.05, 0.1) is 0 Å². The molecule has 0 amide bonds. The van der Waals surface area contributed by atoms with Gasteiger partial charge in [-0.2, -0.15) is 0 Å². The molecule has 0 radical (unpaired) electrons. The molecule has 0 spiro atoms. The first-order valence-corrected chi connectivity index (χ1v) is 5.64. The van der Waals surface area contributed by atoms with E-state index in [1.165, 1.54) is 30.4 Å². The summed E-state index contributed by atoms with van der Waals surface area (Å²) in [6, 6.07) is 0. The lowest BCUT2D eigenvalue weighted by Crippen LogP contribution is -2.30. The summed E-state index contributed by atoms with van der Waals surface area (Å²) in [5.74, 6) is 1.34. The van der Waals surface area contributed by atoms with Gasteiger partial charge in [-0.1, -0.05) is 38.2 Å². The summed E-state index contributed by atoms with van der Waals surface area (Å²) in [5, 5.41) is 0. The van der Waals surface area contributed by atoms with Crippen LogP contribution in [0.15, 0.2) is 24.3 Å². The third kappa shape index (κ3) is 2.50. The number of rotatable bonds is 2. The molecule has 1 rings (SSSR count). The van der Waals surface area contributed by atoms with Gasteiger partial charge in [-0.3, -0.25) is 0 Å². The maximum atomic E-state index is 4.14. The smallest absolute Gasteiger partial charge is 0.0138 e. The zero-order chi connectivity index (χ0) is 10.9. The molecule has 14 heavy (non-hydrogen) atoms. The van der Waals surface area contributed by atoms with Crippen molar-refractivity contribution in [2.24, 2.45) is 17.3 Å². The van der Waals surface area contributed by atoms with Gasteiger partial charge in [-0.15, -0.1) is 0 Å². The van der Waals surface area contributed by atoms with Crippen molar-refractivity contribution in [3.05, 3.63) is 24.3 Å². The normalized spacial score (nSPS) is 31.1. The maximum absolute atomic E-state index is 4.14. The molecule has 1 aliphatic rings. The van der Waals surface area contributed by atoms with E-state index in [9.17, 15) is 0 Å². The Morgan fingerprint density at radius 1 is 1.07 bits per heavy atom. The van der Waals surface area contributed by atoms with Crippen LogP contribution in [0.2, 0.25) is 0 Å². The summed E-state index contributed by atoms with van der Waals surface area (Å²) in [4.78, 5) is 0. The van der Waals surface area contributed by atoms with Crippen LogP contribution in [0.25, 0.3) is 0 Å². The number of allylic oxidation sites excluding steroid dienone is 2. The minimum atomic E-state index is 0.496. The SMILES string of the molecule is C=C(C)C1CCC(C)(C)CC1C(=C)C. The lowest BCUT2D eigenvalue weighted by Gasteiger charge is -2.41. The number of hydrogen-bond acceptors (Lipinski definition) is 0. The molecule has 1 fully saturated rings. The van der Waals surface area contributed by atoms with Crippen LogP contribution < -0.4 is 0 Å². The highest BCUT2D eigenvalue weighted by atomic mass is 14.4. The Hall–Kier alpha value is -0.520. The van der Waals surface area contributed by atoms with Crippen molar-refractivity contribution in [2.75, 3.05) is 0 Å². The van der Waals surface area contributed by atoms with E-state index in [0.717, 1.165) is 0 Å². The van der Waals surface area contributed by atoms with Gasteiger partial charge >= 0.3 is 0 Å². The summed E-state index contributed by atoms with van der Waals surface area (Å²) in [5.41, 5.74) is 3.18. The zero-order valence-corrected chi connectivity index (χ0v) is 10.2. The Morgan fingerprint density at radius 3 is 2.00 bits per heavy atom. The minimum Gasteiger partial charge on any atom is -0.0998 e. The third-order valence-corrected chi connectivity index (χ3v) is 3.66. The van der Waals surface area contributed by atoms with E-state index in [4.69, 9.17) is 0 Å². The molecule has 0 aromatic rings. The van der Waals surface area contributed by atoms with Crippen LogP contribution in [0.1, 0.15) is 47.0 Å². The van der Waals surface area contributed by atoms with E-state index in [1.807, 2.05) is 0 Å². The molecule has 0 aromatic carbocycles. The molecule has 0 bridgehead atoms. The molecule has 0 heteroatoms. The lowest BCUT2D eigenvalue weighted by atomic mass is 9.64. The lowest BCUT2D eigenvalue weighted by molar-refractivity contribution is 0.158. The Balaban J connectivity index is 2.81. The first-order chi connectivity index (χ1) is 6.33. The second-order valence-corrected chi connectivity index (χ2v) is 5.81. The molecule has 2 unspecified atom stereocenters. The van der Waals surface area contributed by atoms with Crippen molar-refractivity contribution in [3.8, 4) is 0 Å². The van der Waals surface area contributed by atoms with E-state index in [0.29, 0.717) is 17.3 Å². The molecular weight excluding hydrogens is 168 g/mol. The van der Waals surface area contributed by atoms with Crippen LogP contribution >= 0.6 is 0 Å². The van der Waals surface area contributed by atoms with Crippen molar-refractivity contribution in [3.63, 3.8) is 0 Å². The summed E-state index contributed by atoms with van der Waals surface area (Å²) in [7, 11) is 0. The molecule has 2 atom stereocenters. The fourth-order valence-electron chi connectivity index (χ4n) is 2.69. The summed E-state index contributed by atoms with van der Waals surface area (Å²) < 4.78 is 0. The van der Waals surface area contributed by atoms with E-state index < -0.39 is 0 Å². The zero-order valence-electron chi connectivity index (χ0n) is 10.2. The quantitative estimate of drug-likeness (QED) is 0.562. The van der Waals surface area contributed by atoms with Gasteiger partial charge in [0, 0.05) is 0 Å². The predicted octanol–water partition coefficient (Wildman–Crippen LogP) is 4.58. The highest BCUT2D eigenvalue weighted by Gasteiger charge is 2.35. The fraction of sp³-hybridized carbons (Fsp3) is 0.714. The van der Waals surface area contributed by atoms with Crippen LogP contribution in [-0.4, -0.2) is 0 Å². The van der Waals surface area contributed by atoms with Crippen LogP contribution in [0.3, 0.4) is 0 Å². The molecular formula is C14H24. The predicted molar refractivity (Wildman–Crippen MR) is 64.2 cm³/mol. The molecule has 0 aliphatic heterocycles. The van der Waals surface area contributed by atoms with Crippen molar-refractivity contribution in [2.45, 2.75) is 47.0 Å². The average Bonchev–Trinajstić information content (AvgIpc) is 2.01. The van der Waals surface area contributed by atoms with Crippen LogP contribution in [0.4, 0.5) is 0 Å². The van der Waals surface area contributed by atoms with Gasteiger partial charge in [0.1, 0.15) is 0 Å². The molecule has 1 saturated carbocycles. The van der Waals surface area contributed by atoms with Crippen LogP contribution in [-0.2, 0) is 0 Å². The van der Waals surface area contributed by atoms with Gasteiger partial charge in [-0.25, -0.2) is 0 Å². The maximum Gasteiger partial charge on any atom is -0.0138 e. The van der Waals surface area contributed by atoms with Gasteiger partial charge in [0.15, 0.2) is 0 Å². The summed E-state index contributed by atoms with van der Waals surface area (Å²) >= 11 is 0. The summed E-state index contributed by atoms with van der Waals surface area (Å²) in [6.45, 7) is 17.3. The minimum absolute atomic E-state index is 0.496. The Bertz CT molecular complexity index is 245. The van der Waals surface area contributed by atoms with Crippen LogP contribution in [0.5, 0.6) is 0 Å². The second-order valence-electron chi connectivity index (χ2n) is 5.81. The molecule has 1 aliphatic carbocycles. The van der Waals surface area contributed by atoms with Crippen molar-refractivity contribution >= 4 is 0 Å². The summed E-state index contributed by atoms with van der Waals surface area (Å²) in [6.07, 6.45) is 3.90. The Morgan fingerprint density at radius 2 is 1.57 bits per heavy atom. The van der Waals surface area contributed by atoms with Gasteiger partial charge in [-0.05, 0) is 50.4 Å². The monoisotopic (exact) mass is 192 g/mol. The molecule has 0 saturated heterocycles. The Kier molecular flexibility index (Phi) is 3.24. The highest BCUT2D eigenvalue weighted by molar-refractivity contribution is 5.12. The highest BCUT2D eigenvalue weighted by Crippen LogP contribution is 2.46. The molecule has 0 nitrogen and oxygen atoms in total. The second kappa shape index (κ2) is 3.92. The van der Waals surface area contributed by atoms with Crippen molar-refractivity contribution in [1.29, 1.82) is 0 Å². The average molecular weight is 192 g/mol.